The highest BCUT2D eigenvalue weighted by atomic mass is 35.5. The Morgan fingerprint density at radius 1 is 0.974 bits per heavy atom. The fourth-order valence-corrected chi connectivity index (χ4v) is 3.46. The maximum Gasteiger partial charge on any atom is 0.417 e. The number of halogens is 12. The van der Waals surface area contributed by atoms with Crippen LogP contribution in [0.1, 0.15) is 46.3 Å². The van der Waals surface area contributed by atoms with E-state index in [9.17, 15) is 57.9 Å². The van der Waals surface area contributed by atoms with Crippen LogP contribution in [-0.2, 0) is 11.0 Å². The standard InChI is InChI=1S/C24H17ClF11NO2/c1-11(21(39)37-10-22(28,29)30)6-20(38)14-4-2-13(7-16(14)24(34,35)36)18(26)9-15(23(31,32)33)12-3-5-17(25)19(27)8-12/h2-5,7-9,11,15H,6,10H2,1H3,(H,37,39)/b18-9-/t11-,15?/m0/s1. The molecule has 2 atom stereocenters. The highest BCUT2D eigenvalue weighted by molar-refractivity contribution is 6.30. The van der Waals surface area contributed by atoms with Crippen LogP contribution in [0.5, 0.6) is 0 Å². The smallest absolute Gasteiger partial charge is 0.347 e. The van der Waals surface area contributed by atoms with Crippen LogP contribution in [-0.4, -0.2) is 30.6 Å². The Balaban J connectivity index is 2.42. The number of hydrogen-bond donors (Lipinski definition) is 1. The van der Waals surface area contributed by atoms with Crippen molar-refractivity contribution in [3.8, 4) is 0 Å². The summed E-state index contributed by atoms with van der Waals surface area (Å²) in [5, 5.41) is 0.958. The van der Waals surface area contributed by atoms with Crippen LogP contribution in [0, 0.1) is 11.7 Å². The molecule has 0 bridgehead atoms. The van der Waals surface area contributed by atoms with E-state index in [-0.39, 0.29) is 12.1 Å². The number of alkyl halides is 9. The highest BCUT2D eigenvalue weighted by Crippen LogP contribution is 2.40. The molecular weight excluding hydrogens is 579 g/mol. The van der Waals surface area contributed by atoms with Gasteiger partial charge in [-0.3, -0.25) is 9.59 Å². The lowest BCUT2D eigenvalue weighted by Gasteiger charge is -2.19. The maximum absolute atomic E-state index is 14.8. The van der Waals surface area contributed by atoms with Crippen molar-refractivity contribution in [2.24, 2.45) is 5.92 Å². The topological polar surface area (TPSA) is 46.2 Å². The zero-order valence-electron chi connectivity index (χ0n) is 19.5. The third-order valence-corrected chi connectivity index (χ3v) is 5.58. The summed E-state index contributed by atoms with van der Waals surface area (Å²) in [4.78, 5) is 24.2. The number of nitrogens with one attached hydrogen (secondary N) is 1. The van der Waals surface area contributed by atoms with Crippen LogP contribution in [0.3, 0.4) is 0 Å². The minimum Gasteiger partial charge on any atom is -0.347 e. The van der Waals surface area contributed by atoms with Gasteiger partial charge in [0.05, 0.1) is 10.6 Å². The first-order chi connectivity index (χ1) is 17.7. The lowest BCUT2D eigenvalue weighted by Crippen LogP contribution is -2.37. The Bertz CT molecular complexity index is 1250. The van der Waals surface area contributed by atoms with Crippen molar-refractivity contribution in [2.45, 2.75) is 37.8 Å². The molecule has 1 N–H and O–H groups in total. The highest BCUT2D eigenvalue weighted by Gasteiger charge is 2.41. The second-order valence-electron chi connectivity index (χ2n) is 8.33. The molecule has 0 heterocycles. The minimum atomic E-state index is -5.31. The number of Topliss-reactive ketones (excluding diaryl/α,β-unsaturated/α-hetero) is 1. The predicted molar refractivity (Wildman–Crippen MR) is 118 cm³/mol. The number of allylic oxidation sites excluding steroid dienone is 1. The first kappa shape index (κ1) is 32.1. The van der Waals surface area contributed by atoms with E-state index in [1.807, 2.05) is 0 Å². The molecule has 0 aliphatic carbocycles. The minimum absolute atomic E-state index is 0.0728. The molecule has 0 fully saturated rings. The molecular formula is C24H17ClF11NO2. The van der Waals surface area contributed by atoms with Gasteiger partial charge in [-0.15, -0.1) is 0 Å². The van der Waals surface area contributed by atoms with Crippen molar-refractivity contribution in [3.05, 3.63) is 75.6 Å². The van der Waals surface area contributed by atoms with Crippen LogP contribution in [0.25, 0.3) is 5.83 Å². The molecule has 0 saturated carbocycles. The Morgan fingerprint density at radius 3 is 2.10 bits per heavy atom. The summed E-state index contributed by atoms with van der Waals surface area (Å²) in [5.74, 6) is -9.90. The fourth-order valence-electron chi connectivity index (χ4n) is 3.34. The summed E-state index contributed by atoms with van der Waals surface area (Å²) < 4.78 is 147. The number of benzene rings is 2. The molecule has 2 aromatic rings. The number of rotatable bonds is 8. The largest absolute Gasteiger partial charge is 0.417 e. The number of amides is 1. The average molecular weight is 596 g/mol. The van der Waals surface area contributed by atoms with E-state index in [1.54, 1.807) is 0 Å². The average Bonchev–Trinajstić information content (AvgIpc) is 2.80. The first-order valence-corrected chi connectivity index (χ1v) is 11.1. The van der Waals surface area contributed by atoms with Gasteiger partial charge in [0.15, 0.2) is 5.78 Å². The van der Waals surface area contributed by atoms with Gasteiger partial charge in [0.25, 0.3) is 0 Å². The number of carbonyl (C=O) groups is 2. The van der Waals surface area contributed by atoms with E-state index in [0.717, 1.165) is 19.1 Å². The van der Waals surface area contributed by atoms with Crippen molar-refractivity contribution in [3.63, 3.8) is 0 Å². The zero-order chi connectivity index (χ0) is 29.9. The lowest BCUT2D eigenvalue weighted by atomic mass is 9.92. The molecule has 0 spiro atoms. The Morgan fingerprint density at radius 2 is 1.59 bits per heavy atom. The summed E-state index contributed by atoms with van der Waals surface area (Å²) in [7, 11) is 0. The summed E-state index contributed by atoms with van der Waals surface area (Å²) >= 11 is 5.44. The SMILES string of the molecule is C[C@@H](CC(=O)c1ccc(/C(F)=C/C(c2ccc(Cl)c(F)c2)C(F)(F)F)cc1C(F)(F)F)C(=O)NCC(F)(F)F. The second kappa shape index (κ2) is 11.9. The van der Waals surface area contributed by atoms with Gasteiger partial charge < -0.3 is 5.32 Å². The predicted octanol–water partition coefficient (Wildman–Crippen LogP) is 8.04. The van der Waals surface area contributed by atoms with Gasteiger partial charge in [0.1, 0.15) is 24.1 Å². The molecule has 0 radical (unpaired) electrons. The number of hydrogen-bond acceptors (Lipinski definition) is 2. The molecule has 2 rings (SSSR count). The first-order valence-electron chi connectivity index (χ1n) is 10.7. The quantitative estimate of drug-likeness (QED) is 0.248. The summed E-state index contributed by atoms with van der Waals surface area (Å²) in [6.45, 7) is -0.745. The van der Waals surface area contributed by atoms with E-state index >= 15 is 0 Å². The molecule has 0 aliphatic heterocycles. The number of carbonyl (C=O) groups excluding carboxylic acids is 2. The van der Waals surface area contributed by atoms with Crippen molar-refractivity contribution in [1.29, 1.82) is 0 Å². The normalized spacial score (nSPS) is 14.6. The van der Waals surface area contributed by atoms with Crippen LogP contribution in [0.2, 0.25) is 5.02 Å². The van der Waals surface area contributed by atoms with Crippen LogP contribution in [0.4, 0.5) is 48.3 Å². The molecule has 0 saturated heterocycles. The van der Waals surface area contributed by atoms with Crippen LogP contribution >= 0.6 is 11.6 Å². The van der Waals surface area contributed by atoms with E-state index in [4.69, 9.17) is 11.6 Å². The van der Waals surface area contributed by atoms with Gasteiger partial charge in [0, 0.05) is 23.5 Å². The van der Waals surface area contributed by atoms with Crippen molar-refractivity contribution in [1.82, 2.24) is 5.32 Å². The van der Waals surface area contributed by atoms with Gasteiger partial charge in [-0.1, -0.05) is 36.7 Å². The summed E-state index contributed by atoms with van der Waals surface area (Å²) in [6, 6.07) is 3.05. The Hall–Kier alpha value is -3.16. The van der Waals surface area contributed by atoms with Gasteiger partial charge in [-0.2, -0.15) is 39.5 Å². The van der Waals surface area contributed by atoms with Gasteiger partial charge in [-0.05, 0) is 29.8 Å². The third kappa shape index (κ3) is 8.94. The molecule has 3 nitrogen and oxygen atoms in total. The van der Waals surface area contributed by atoms with E-state index < -0.39 is 93.9 Å². The van der Waals surface area contributed by atoms with Crippen molar-refractivity contribution in [2.75, 3.05) is 6.54 Å². The monoisotopic (exact) mass is 595 g/mol. The van der Waals surface area contributed by atoms with E-state index in [0.29, 0.717) is 18.2 Å². The molecule has 1 unspecified atom stereocenters. The van der Waals surface area contributed by atoms with E-state index in [1.165, 1.54) is 5.32 Å². The third-order valence-electron chi connectivity index (χ3n) is 5.27. The summed E-state index contributed by atoms with van der Waals surface area (Å²) in [6.07, 6.45) is -16.3. The Kier molecular flexibility index (Phi) is 9.80. The number of ketones is 1. The molecule has 15 heteroatoms. The van der Waals surface area contributed by atoms with Gasteiger partial charge >= 0.3 is 18.5 Å². The van der Waals surface area contributed by atoms with E-state index in [2.05, 4.69) is 0 Å². The van der Waals surface area contributed by atoms with Gasteiger partial charge in [-0.25, -0.2) is 8.78 Å². The fraction of sp³-hybridized carbons (Fsp3) is 0.333. The summed E-state index contributed by atoms with van der Waals surface area (Å²) in [5.41, 5.74) is -4.63. The molecule has 0 aliphatic rings. The maximum atomic E-state index is 14.8. The van der Waals surface area contributed by atoms with Gasteiger partial charge in [0.2, 0.25) is 5.91 Å². The van der Waals surface area contributed by atoms with Crippen molar-refractivity contribution < 1.29 is 57.9 Å². The Labute approximate surface area is 218 Å². The second-order valence-corrected chi connectivity index (χ2v) is 8.73. The molecule has 214 valence electrons. The van der Waals surface area contributed by atoms with Crippen molar-refractivity contribution >= 4 is 29.1 Å². The molecule has 2 aromatic carbocycles. The van der Waals surface area contributed by atoms with Crippen LogP contribution < -0.4 is 5.32 Å². The molecule has 1 amide bonds. The molecule has 0 aromatic heterocycles. The molecule has 39 heavy (non-hydrogen) atoms. The zero-order valence-corrected chi connectivity index (χ0v) is 20.2. The van der Waals surface area contributed by atoms with Crippen LogP contribution in [0.15, 0.2) is 42.5 Å². The lowest BCUT2D eigenvalue weighted by molar-refractivity contribution is -0.140.